The first kappa shape index (κ1) is 23.7. The number of allylic oxidation sites excluding steroid dienone is 1. The average molecular weight is 490 g/mol. The van der Waals surface area contributed by atoms with Crippen molar-refractivity contribution in [2.75, 3.05) is 0 Å². The lowest BCUT2D eigenvalue weighted by atomic mass is 9.88. The van der Waals surface area contributed by atoms with Crippen molar-refractivity contribution in [3.8, 4) is 22.1 Å². The van der Waals surface area contributed by atoms with E-state index in [-0.39, 0.29) is 17.4 Å². The molecular weight excluding hydrogens is 458 g/mol. The van der Waals surface area contributed by atoms with Crippen molar-refractivity contribution in [2.24, 2.45) is 11.8 Å². The number of carbonyl (C=O) groups excluding carboxylic acids is 1. The van der Waals surface area contributed by atoms with E-state index in [1.807, 2.05) is 18.2 Å². The summed E-state index contributed by atoms with van der Waals surface area (Å²) in [5.74, 6) is 1.85. The Bertz CT molecular complexity index is 1290. The highest BCUT2D eigenvalue weighted by Crippen LogP contribution is 2.39. The molecule has 1 heterocycles. The Kier molecular flexibility index (Phi) is 7.28. The monoisotopic (exact) mass is 489 g/mol. The predicted molar refractivity (Wildman–Crippen MR) is 140 cm³/mol. The van der Waals surface area contributed by atoms with Crippen LogP contribution in [0.15, 0.2) is 59.6 Å². The molecule has 0 aliphatic heterocycles. The number of carbonyl (C=O) groups is 1. The maximum absolute atomic E-state index is 12.8. The number of ether oxygens (including phenoxy) is 2. The molecule has 2 fully saturated rings. The summed E-state index contributed by atoms with van der Waals surface area (Å²) in [4.78, 5) is 29.9. The van der Waals surface area contributed by atoms with Crippen molar-refractivity contribution < 1.29 is 14.3 Å². The van der Waals surface area contributed by atoms with Crippen molar-refractivity contribution in [3.05, 3.63) is 65.2 Å². The number of aromatic nitrogens is 1. The highest BCUT2D eigenvalue weighted by molar-refractivity contribution is 7.21. The second-order valence-corrected chi connectivity index (χ2v) is 10.7. The largest absolute Gasteiger partial charge is 0.461 e. The molecule has 0 radical (unpaired) electrons. The van der Waals surface area contributed by atoms with E-state index in [0.717, 1.165) is 49.0 Å². The van der Waals surface area contributed by atoms with Gasteiger partial charge >= 0.3 is 5.97 Å². The Morgan fingerprint density at radius 3 is 2.31 bits per heavy atom. The van der Waals surface area contributed by atoms with Crippen LogP contribution >= 0.6 is 11.3 Å². The number of hydrogen-bond acceptors (Lipinski definition) is 6. The number of esters is 1. The molecule has 3 aromatic rings. The summed E-state index contributed by atoms with van der Waals surface area (Å²) >= 11 is 1.43. The third-order valence-electron chi connectivity index (χ3n) is 7.17. The molecule has 0 amide bonds. The van der Waals surface area contributed by atoms with Crippen molar-refractivity contribution in [2.45, 2.75) is 64.2 Å². The highest BCUT2D eigenvalue weighted by Gasteiger charge is 2.24. The second-order valence-electron chi connectivity index (χ2n) is 9.64. The molecule has 0 saturated heterocycles. The van der Waals surface area contributed by atoms with E-state index < -0.39 is 0 Å². The van der Waals surface area contributed by atoms with E-state index in [1.165, 1.54) is 37.0 Å². The fraction of sp³-hybridized carbons (Fsp3) is 0.414. The van der Waals surface area contributed by atoms with Gasteiger partial charge in [0.2, 0.25) is 0 Å². The van der Waals surface area contributed by atoms with Crippen LogP contribution in [0.3, 0.4) is 0 Å². The Labute approximate surface area is 209 Å². The topological polar surface area (TPSA) is 65.5 Å². The Morgan fingerprint density at radius 1 is 0.886 bits per heavy atom. The normalized spacial score (nSPS) is 17.3. The van der Waals surface area contributed by atoms with Gasteiger partial charge in [0.05, 0.1) is 16.9 Å². The second kappa shape index (κ2) is 10.7. The molecule has 35 heavy (non-hydrogen) atoms. The minimum absolute atomic E-state index is 0.0518. The number of rotatable bonds is 6. The Morgan fingerprint density at radius 2 is 1.57 bits per heavy atom. The standard InChI is InChI=1S/C29H31NO4S/c1-19(20-10-4-2-5-11-20)33-25-17-16-22(34-29(32)21-12-6-3-7-13-21)18-24(25)28-30-27(31)23-14-8-9-15-26(23)35-28/h8-9,14-18,20-21H,1-7,10-13H2. The third-order valence-corrected chi connectivity index (χ3v) is 8.25. The molecule has 0 unspecified atom stereocenters. The van der Waals surface area contributed by atoms with Crippen molar-refractivity contribution >= 4 is 27.4 Å². The summed E-state index contributed by atoms with van der Waals surface area (Å²) in [6, 6.07) is 12.8. The first-order valence-corrected chi connectivity index (χ1v) is 13.5. The molecule has 182 valence electrons. The van der Waals surface area contributed by atoms with Crippen molar-refractivity contribution in [1.82, 2.24) is 4.98 Å². The lowest BCUT2D eigenvalue weighted by Crippen LogP contribution is -2.22. The molecule has 5 rings (SSSR count). The van der Waals surface area contributed by atoms with Gasteiger partial charge in [-0.25, -0.2) is 0 Å². The molecule has 0 bridgehead atoms. The average Bonchev–Trinajstić information content (AvgIpc) is 2.90. The zero-order valence-corrected chi connectivity index (χ0v) is 20.8. The lowest BCUT2D eigenvalue weighted by molar-refractivity contribution is -0.139. The van der Waals surface area contributed by atoms with Gasteiger partial charge in [-0.1, -0.05) is 57.2 Å². The minimum Gasteiger partial charge on any atom is -0.461 e. The van der Waals surface area contributed by atoms with Gasteiger partial charge in [-0.2, -0.15) is 4.98 Å². The SMILES string of the molecule is C=C(Oc1ccc(OC(=O)C2CCCCC2)cc1-c1nc(=O)c2ccccc2s1)C1CCCCC1. The first-order chi connectivity index (χ1) is 17.1. The maximum Gasteiger partial charge on any atom is 0.314 e. The van der Waals surface area contributed by atoms with Crippen LogP contribution in [0, 0.1) is 11.8 Å². The van der Waals surface area contributed by atoms with Crippen LogP contribution in [0.5, 0.6) is 11.5 Å². The highest BCUT2D eigenvalue weighted by atomic mass is 32.1. The molecule has 2 aliphatic carbocycles. The van der Waals surface area contributed by atoms with E-state index in [2.05, 4.69) is 11.6 Å². The van der Waals surface area contributed by atoms with Gasteiger partial charge in [0.25, 0.3) is 5.56 Å². The molecule has 1 aromatic heterocycles. The van der Waals surface area contributed by atoms with Crippen LogP contribution < -0.4 is 15.0 Å². The molecule has 0 spiro atoms. The third kappa shape index (κ3) is 5.48. The van der Waals surface area contributed by atoms with Crippen molar-refractivity contribution in [1.29, 1.82) is 0 Å². The van der Waals surface area contributed by atoms with Crippen LogP contribution in [-0.2, 0) is 4.79 Å². The van der Waals surface area contributed by atoms with Crippen molar-refractivity contribution in [3.63, 3.8) is 0 Å². The molecule has 0 N–H and O–H groups in total. The first-order valence-electron chi connectivity index (χ1n) is 12.7. The van der Waals surface area contributed by atoms with Gasteiger partial charge < -0.3 is 9.47 Å². The van der Waals surface area contributed by atoms with Gasteiger partial charge in [0, 0.05) is 10.6 Å². The minimum atomic E-state index is -0.281. The van der Waals surface area contributed by atoms with Gasteiger partial charge in [0.15, 0.2) is 0 Å². The van der Waals surface area contributed by atoms with Gasteiger partial charge in [-0.05, 0) is 56.0 Å². The summed E-state index contributed by atoms with van der Waals surface area (Å²) in [5.41, 5.74) is 0.361. The number of benzene rings is 2. The molecule has 2 aromatic carbocycles. The number of hydrogen-bond donors (Lipinski definition) is 0. The summed E-state index contributed by atoms with van der Waals surface area (Å²) in [6.07, 6.45) is 10.8. The Balaban J connectivity index is 1.49. The van der Waals surface area contributed by atoms with E-state index in [9.17, 15) is 9.59 Å². The van der Waals surface area contributed by atoms with Crippen LogP contribution in [0.1, 0.15) is 64.2 Å². The molecule has 0 atom stereocenters. The van der Waals surface area contributed by atoms with Gasteiger partial charge in [-0.15, -0.1) is 11.3 Å². The molecule has 5 nitrogen and oxygen atoms in total. The number of fused-ring (bicyclic) bond motifs is 1. The zero-order valence-electron chi connectivity index (χ0n) is 20.0. The lowest BCUT2D eigenvalue weighted by Gasteiger charge is -2.24. The van der Waals surface area contributed by atoms with Crippen LogP contribution in [0.4, 0.5) is 0 Å². The number of nitrogens with zero attached hydrogens (tertiary/aromatic N) is 1. The van der Waals surface area contributed by atoms with E-state index in [1.54, 1.807) is 24.3 Å². The van der Waals surface area contributed by atoms with E-state index in [4.69, 9.17) is 9.47 Å². The zero-order chi connectivity index (χ0) is 24.2. The summed E-state index contributed by atoms with van der Waals surface area (Å²) in [5, 5.41) is 1.13. The predicted octanol–water partition coefficient (Wildman–Crippen LogP) is 7.28. The molecule has 6 heteroatoms. The summed E-state index contributed by atoms with van der Waals surface area (Å²) in [6.45, 7) is 4.22. The van der Waals surface area contributed by atoms with Crippen LogP contribution in [-0.4, -0.2) is 11.0 Å². The maximum atomic E-state index is 12.8. The van der Waals surface area contributed by atoms with E-state index >= 15 is 0 Å². The summed E-state index contributed by atoms with van der Waals surface area (Å²) < 4.78 is 12.9. The summed E-state index contributed by atoms with van der Waals surface area (Å²) in [7, 11) is 0. The fourth-order valence-electron chi connectivity index (χ4n) is 5.14. The Hall–Kier alpha value is -2.99. The smallest absolute Gasteiger partial charge is 0.314 e. The quantitative estimate of drug-likeness (QED) is 0.207. The molecule has 2 aliphatic rings. The van der Waals surface area contributed by atoms with E-state index in [0.29, 0.717) is 33.4 Å². The van der Waals surface area contributed by atoms with Gasteiger partial charge in [-0.3, -0.25) is 9.59 Å². The van der Waals surface area contributed by atoms with Crippen LogP contribution in [0.25, 0.3) is 20.7 Å². The fourth-order valence-corrected chi connectivity index (χ4v) is 6.16. The van der Waals surface area contributed by atoms with Gasteiger partial charge in [0.1, 0.15) is 22.3 Å². The molecular formula is C29H31NO4S. The molecule has 2 saturated carbocycles. The van der Waals surface area contributed by atoms with Crippen LogP contribution in [0.2, 0.25) is 0 Å².